The molecule has 2 unspecified atom stereocenters. The molecule has 6 rings (SSSR count). The second-order valence-corrected chi connectivity index (χ2v) is 7.15. The third kappa shape index (κ3) is 2.48. The number of rotatable bonds is 2. The van der Waals surface area contributed by atoms with Crippen molar-refractivity contribution in [1.82, 2.24) is 19.9 Å². The number of aromatic nitrogens is 4. The van der Waals surface area contributed by atoms with Gasteiger partial charge in [-0.15, -0.1) is 0 Å². The van der Waals surface area contributed by atoms with E-state index >= 15 is 0 Å². The second kappa shape index (κ2) is 5.52. The monoisotopic (exact) mass is 352 g/mol. The summed E-state index contributed by atoms with van der Waals surface area (Å²) >= 11 is 6.03. The quantitative estimate of drug-likeness (QED) is 0.707. The average molecular weight is 353 g/mol. The molecule has 3 aliphatic rings. The Balaban J connectivity index is 1.40. The van der Waals surface area contributed by atoms with Gasteiger partial charge < -0.3 is 9.80 Å². The van der Waals surface area contributed by atoms with E-state index in [4.69, 9.17) is 16.6 Å². The minimum atomic E-state index is 0.432. The van der Waals surface area contributed by atoms with Gasteiger partial charge in [-0.1, -0.05) is 11.6 Å². The van der Waals surface area contributed by atoms with Crippen molar-refractivity contribution in [2.45, 2.75) is 25.4 Å². The maximum absolute atomic E-state index is 6.03. The summed E-state index contributed by atoms with van der Waals surface area (Å²) in [4.78, 5) is 23.0. The summed E-state index contributed by atoms with van der Waals surface area (Å²) in [7, 11) is 0. The van der Waals surface area contributed by atoms with Crippen LogP contribution in [0, 0.1) is 6.92 Å². The van der Waals surface area contributed by atoms with Gasteiger partial charge in [-0.05, 0) is 37.6 Å². The molecule has 3 aromatic rings. The number of anilines is 2. The van der Waals surface area contributed by atoms with E-state index in [1.807, 2.05) is 43.6 Å². The van der Waals surface area contributed by atoms with E-state index in [2.05, 4.69) is 24.8 Å². The molecule has 5 heterocycles. The van der Waals surface area contributed by atoms with Crippen LogP contribution >= 0.6 is 11.6 Å². The highest BCUT2D eigenvalue weighted by atomic mass is 35.5. The van der Waals surface area contributed by atoms with Crippen LogP contribution in [0.4, 0.5) is 11.8 Å². The van der Waals surface area contributed by atoms with Gasteiger partial charge >= 0.3 is 0 Å². The number of hydrogen-bond acceptors (Lipinski definition) is 6. The van der Waals surface area contributed by atoms with Crippen LogP contribution in [0.1, 0.15) is 12.1 Å². The van der Waals surface area contributed by atoms with Gasteiger partial charge in [0.1, 0.15) is 5.82 Å². The molecule has 1 aromatic carbocycles. The van der Waals surface area contributed by atoms with E-state index < -0.39 is 0 Å². The molecule has 0 spiro atoms. The van der Waals surface area contributed by atoms with Crippen molar-refractivity contribution in [1.29, 1.82) is 0 Å². The van der Waals surface area contributed by atoms with Crippen molar-refractivity contribution in [2.75, 3.05) is 22.9 Å². The van der Waals surface area contributed by atoms with Crippen LogP contribution in [0.2, 0.25) is 5.02 Å². The van der Waals surface area contributed by atoms with Crippen LogP contribution in [-0.4, -0.2) is 45.1 Å². The fourth-order valence-corrected chi connectivity index (χ4v) is 4.00. The van der Waals surface area contributed by atoms with Crippen molar-refractivity contribution in [3.8, 4) is 0 Å². The number of hydrogen-bond donors (Lipinski definition) is 0. The molecule has 7 heteroatoms. The Labute approximate surface area is 150 Å². The Hall–Kier alpha value is -2.47. The predicted molar refractivity (Wildman–Crippen MR) is 98.2 cm³/mol. The highest BCUT2D eigenvalue weighted by molar-refractivity contribution is 6.31. The van der Waals surface area contributed by atoms with Crippen LogP contribution in [-0.2, 0) is 0 Å². The van der Waals surface area contributed by atoms with Crippen molar-refractivity contribution in [3.63, 3.8) is 0 Å². The Bertz CT molecular complexity index is 949. The molecule has 126 valence electrons. The molecule has 25 heavy (non-hydrogen) atoms. The standard InChI is InChI=1S/C18H17ClN6/c1-11-4-5-20-18(22-11)24-9-13-7-14(10-24)25(13)17-8-21-16-6-12(19)2-3-15(16)23-17/h2-6,8,13-14H,7,9-10H2,1H3. The van der Waals surface area contributed by atoms with Gasteiger partial charge in [-0.25, -0.2) is 15.0 Å². The summed E-state index contributed by atoms with van der Waals surface area (Å²) in [5.74, 6) is 1.77. The van der Waals surface area contributed by atoms with Crippen LogP contribution in [0.3, 0.4) is 0 Å². The number of aryl methyl sites for hydroxylation is 1. The van der Waals surface area contributed by atoms with E-state index in [0.29, 0.717) is 17.1 Å². The molecule has 0 amide bonds. The van der Waals surface area contributed by atoms with Crippen molar-refractivity contribution in [3.05, 3.63) is 47.4 Å². The molecule has 3 aliphatic heterocycles. The van der Waals surface area contributed by atoms with Gasteiger partial charge in [0.15, 0.2) is 0 Å². The van der Waals surface area contributed by atoms with Gasteiger partial charge in [0.05, 0.1) is 29.3 Å². The molecule has 2 aromatic heterocycles. The van der Waals surface area contributed by atoms with Gasteiger partial charge in [-0.2, -0.15) is 0 Å². The van der Waals surface area contributed by atoms with E-state index in [1.54, 1.807) is 0 Å². The molecular weight excluding hydrogens is 336 g/mol. The fourth-order valence-electron chi connectivity index (χ4n) is 3.83. The SMILES string of the molecule is Cc1ccnc(N2CC3CC(C2)N3c2cnc3cc(Cl)ccc3n2)n1. The number of nitrogens with zero attached hydrogens (tertiary/aromatic N) is 6. The first-order valence-corrected chi connectivity index (χ1v) is 8.80. The van der Waals surface area contributed by atoms with E-state index in [9.17, 15) is 0 Å². The van der Waals surface area contributed by atoms with Gasteiger partial charge in [0.25, 0.3) is 0 Å². The number of benzene rings is 1. The van der Waals surface area contributed by atoms with Gasteiger partial charge in [0, 0.05) is 30.0 Å². The van der Waals surface area contributed by atoms with Gasteiger partial charge in [0.2, 0.25) is 5.95 Å². The number of halogens is 1. The van der Waals surface area contributed by atoms with E-state index in [1.165, 1.54) is 6.42 Å². The third-order valence-electron chi connectivity index (χ3n) is 5.01. The molecular formula is C18H17ClN6. The fraction of sp³-hybridized carbons (Fsp3) is 0.333. The maximum Gasteiger partial charge on any atom is 0.225 e. The lowest BCUT2D eigenvalue weighted by Crippen LogP contribution is -2.69. The van der Waals surface area contributed by atoms with E-state index in [0.717, 1.165) is 41.6 Å². The van der Waals surface area contributed by atoms with Crippen LogP contribution in [0.25, 0.3) is 11.0 Å². The van der Waals surface area contributed by atoms with Crippen LogP contribution in [0.5, 0.6) is 0 Å². The Morgan fingerprint density at radius 3 is 2.68 bits per heavy atom. The lowest BCUT2D eigenvalue weighted by atomic mass is 9.87. The van der Waals surface area contributed by atoms with Crippen molar-refractivity contribution < 1.29 is 0 Å². The Kier molecular flexibility index (Phi) is 3.28. The lowest BCUT2D eigenvalue weighted by molar-refractivity contribution is 0.286. The summed E-state index contributed by atoms with van der Waals surface area (Å²) in [6, 6.07) is 8.43. The zero-order valence-corrected chi connectivity index (χ0v) is 14.6. The first-order chi connectivity index (χ1) is 12.2. The van der Waals surface area contributed by atoms with Gasteiger partial charge in [-0.3, -0.25) is 4.98 Å². The molecule has 0 aliphatic carbocycles. The summed E-state index contributed by atoms with van der Waals surface area (Å²) in [5, 5.41) is 0.684. The smallest absolute Gasteiger partial charge is 0.225 e. The highest BCUT2D eigenvalue weighted by Gasteiger charge is 2.46. The van der Waals surface area contributed by atoms with Crippen LogP contribution < -0.4 is 9.80 Å². The largest absolute Gasteiger partial charge is 0.346 e. The van der Waals surface area contributed by atoms with E-state index in [-0.39, 0.29) is 0 Å². The zero-order valence-electron chi connectivity index (χ0n) is 13.8. The topological polar surface area (TPSA) is 58.0 Å². The summed E-state index contributed by atoms with van der Waals surface area (Å²) in [5.41, 5.74) is 2.71. The number of fused-ring (bicyclic) bond motifs is 3. The second-order valence-electron chi connectivity index (χ2n) is 6.71. The van der Waals surface area contributed by atoms with Crippen LogP contribution in [0.15, 0.2) is 36.7 Å². The molecule has 2 bridgehead atoms. The summed E-state index contributed by atoms with van der Waals surface area (Å²) in [6.45, 7) is 3.83. The summed E-state index contributed by atoms with van der Waals surface area (Å²) in [6.07, 6.45) is 4.87. The predicted octanol–water partition coefficient (Wildman–Crippen LogP) is 2.85. The summed E-state index contributed by atoms with van der Waals surface area (Å²) < 4.78 is 0. The third-order valence-corrected chi connectivity index (χ3v) is 5.25. The van der Waals surface area contributed by atoms with Crippen molar-refractivity contribution >= 4 is 34.4 Å². The molecule has 3 fully saturated rings. The zero-order chi connectivity index (χ0) is 17.0. The average Bonchev–Trinajstić information content (AvgIpc) is 2.62. The Morgan fingerprint density at radius 1 is 1.04 bits per heavy atom. The highest BCUT2D eigenvalue weighted by Crippen LogP contribution is 2.37. The molecule has 0 N–H and O–H groups in total. The first kappa shape index (κ1) is 14.8. The molecule has 3 saturated heterocycles. The lowest BCUT2D eigenvalue weighted by Gasteiger charge is -2.56. The normalized spacial score (nSPS) is 22.2. The first-order valence-electron chi connectivity index (χ1n) is 8.42. The minimum absolute atomic E-state index is 0.432. The molecule has 2 atom stereocenters. The maximum atomic E-state index is 6.03. The minimum Gasteiger partial charge on any atom is -0.346 e. The molecule has 6 nitrogen and oxygen atoms in total. The molecule has 0 saturated carbocycles. The number of piperidine rings is 1. The molecule has 0 radical (unpaired) electrons. The Morgan fingerprint density at radius 2 is 1.88 bits per heavy atom. The van der Waals surface area contributed by atoms with Crippen molar-refractivity contribution in [2.24, 2.45) is 0 Å². The number of piperazine rings is 1.